The molecule has 4 aliphatic rings. The third-order valence-electron chi connectivity index (χ3n) is 14.9. The molecule has 4 unspecified atom stereocenters. The first kappa shape index (κ1) is 65.1. The van der Waals surface area contributed by atoms with Gasteiger partial charge in [0.2, 0.25) is 20.0 Å². The molecule has 2 aliphatic carbocycles. The second-order valence-corrected chi connectivity index (χ2v) is 26.4. The normalized spacial score (nSPS) is 23.1. The van der Waals surface area contributed by atoms with E-state index in [9.17, 15) is 36.6 Å². The highest BCUT2D eigenvalue weighted by atomic mass is 35.5. The lowest BCUT2D eigenvalue weighted by atomic mass is 9.74. The van der Waals surface area contributed by atoms with Gasteiger partial charge in [0.25, 0.3) is 11.8 Å². The van der Waals surface area contributed by atoms with Crippen molar-refractivity contribution in [2.45, 2.75) is 99.0 Å². The van der Waals surface area contributed by atoms with Crippen molar-refractivity contribution in [3.05, 3.63) is 66.6 Å². The monoisotopic (exact) mass is 1220 g/mol. The number of benzene rings is 2. The van der Waals surface area contributed by atoms with Gasteiger partial charge >= 0.3 is 0 Å². The summed E-state index contributed by atoms with van der Waals surface area (Å²) >= 11 is 25.9. The minimum absolute atomic E-state index is 0.00837. The maximum absolute atomic E-state index is 13.3. The summed E-state index contributed by atoms with van der Waals surface area (Å²) in [7, 11) is -2.99. The molecule has 6 N–H and O–H groups in total. The molecule has 0 radical (unpaired) electrons. The van der Waals surface area contributed by atoms with Gasteiger partial charge in [0, 0.05) is 72.4 Å². The van der Waals surface area contributed by atoms with Gasteiger partial charge in [-0.25, -0.2) is 26.3 Å². The van der Waals surface area contributed by atoms with Crippen LogP contribution >= 0.6 is 46.4 Å². The van der Waals surface area contributed by atoms with Crippen molar-refractivity contribution in [3.8, 4) is 0 Å². The van der Waals surface area contributed by atoms with Gasteiger partial charge in [0.15, 0.2) is 12.2 Å². The predicted molar refractivity (Wildman–Crippen MR) is 299 cm³/mol. The Morgan fingerprint density at radius 1 is 0.538 bits per heavy atom. The molecule has 2 amide bonds. The Morgan fingerprint density at radius 3 is 1.23 bits per heavy atom. The Labute approximate surface area is 480 Å². The Bertz CT molecular complexity index is 2290. The standard InChI is InChI=1S/C52H80Cl4N6O14S2/c1-61-31-43(41-27-37(53)29-47(55)45(41)33-61)35-5-3-7-39(25-35)77(67,68)59-11-15-73-19-23-75-21-17-71-13-9-57-51(65)49(63)50(64)52(66)58-10-14-72-18-22-76-24-20-74-16-12-60-78(69,70)40-8-4-6-36(26-40)44-32-62(2)34-46-42(44)28-38(54)30-48(46)56/h27-30,35-36,39-40,43-44,49-50,59-60,63-64H,3-26,31-34H2,1-2H3,(H,57,65)(H,58,66)/t35?,36?,39?,40?,43-,44-,49-,50-/m0/s1. The average Bonchev–Trinajstić information content (AvgIpc) is 3.50. The van der Waals surface area contributed by atoms with Gasteiger partial charge < -0.3 is 59.1 Å². The molecule has 0 aromatic heterocycles. The van der Waals surface area contributed by atoms with Gasteiger partial charge in [-0.3, -0.25) is 9.59 Å². The first-order chi connectivity index (χ1) is 37.3. The summed E-state index contributed by atoms with van der Waals surface area (Å²) in [6.07, 6.45) is 1.88. The number of halogens is 4. The zero-order valence-corrected chi connectivity index (χ0v) is 49.4. The Hall–Kier alpha value is -2.04. The lowest BCUT2D eigenvalue weighted by molar-refractivity contribution is -0.146. The third kappa shape index (κ3) is 20.1. The largest absolute Gasteiger partial charge is 0.380 e. The summed E-state index contributed by atoms with van der Waals surface area (Å²) in [4.78, 5) is 29.1. The number of amides is 2. The van der Waals surface area contributed by atoms with Crippen LogP contribution in [0.15, 0.2) is 24.3 Å². The fourth-order valence-electron chi connectivity index (χ4n) is 11.1. The highest BCUT2D eigenvalue weighted by Gasteiger charge is 2.40. The fourth-order valence-corrected chi connectivity index (χ4v) is 15.4. The van der Waals surface area contributed by atoms with Crippen molar-refractivity contribution in [1.29, 1.82) is 0 Å². The van der Waals surface area contributed by atoms with Gasteiger partial charge in [0.05, 0.1) is 89.8 Å². The molecular formula is C52H80Cl4N6O14S2. The summed E-state index contributed by atoms with van der Waals surface area (Å²) in [6, 6.07) is 7.51. The van der Waals surface area contributed by atoms with Gasteiger partial charge in [-0.05, 0) is 123 Å². The number of sulfonamides is 2. The van der Waals surface area contributed by atoms with Crippen molar-refractivity contribution >= 4 is 78.3 Å². The number of ether oxygens (including phenoxy) is 6. The maximum Gasteiger partial charge on any atom is 0.252 e. The minimum Gasteiger partial charge on any atom is -0.380 e. The van der Waals surface area contributed by atoms with E-state index in [0.717, 1.165) is 74.1 Å². The zero-order valence-electron chi connectivity index (χ0n) is 44.7. The number of carbonyl (C=O) groups is 2. The van der Waals surface area contributed by atoms with Crippen LogP contribution in [0.2, 0.25) is 20.1 Å². The number of nitrogens with one attached hydrogen (secondary N) is 4. The second-order valence-electron chi connectivity index (χ2n) is 20.6. The molecule has 0 spiro atoms. The number of hydrogen-bond acceptors (Lipinski definition) is 16. The highest BCUT2D eigenvalue weighted by Crippen LogP contribution is 2.46. The molecule has 20 nitrogen and oxygen atoms in total. The molecule has 2 aromatic carbocycles. The van der Waals surface area contributed by atoms with Gasteiger partial charge in [-0.1, -0.05) is 59.2 Å². The lowest BCUT2D eigenvalue weighted by Gasteiger charge is -2.40. The van der Waals surface area contributed by atoms with Crippen LogP contribution < -0.4 is 20.1 Å². The van der Waals surface area contributed by atoms with Crippen molar-refractivity contribution in [3.63, 3.8) is 0 Å². The number of carbonyl (C=O) groups excluding carboxylic acids is 2. The number of likely N-dealkylation sites (N-methyl/N-ethyl adjacent to an activating group) is 2. The van der Waals surface area contributed by atoms with Crippen molar-refractivity contribution in [2.75, 3.05) is 133 Å². The fraction of sp³-hybridized carbons (Fsp3) is 0.731. The molecule has 6 rings (SSSR count). The Morgan fingerprint density at radius 2 is 0.872 bits per heavy atom. The van der Waals surface area contributed by atoms with Gasteiger partial charge in [0.1, 0.15) is 0 Å². The molecule has 78 heavy (non-hydrogen) atoms. The van der Waals surface area contributed by atoms with Crippen LogP contribution in [0.3, 0.4) is 0 Å². The van der Waals surface area contributed by atoms with E-state index in [-0.39, 0.29) is 129 Å². The SMILES string of the molecule is CN1Cc2c(Cl)cc(Cl)cc2[C@H](C2CCCC(S(=O)(=O)NCCOCCOCCOCCNC(=O)[C@@H](O)[C@H](O)C(=O)NCCOCCOCCOCCNS(=O)(=O)C3CCCC([C@@H]4CN(C)Cc5c(Cl)cc(Cl)cc54)C3)C2)C1. The van der Waals surface area contributed by atoms with E-state index < -0.39 is 54.6 Å². The Balaban J connectivity index is 0.699. The molecule has 442 valence electrons. The van der Waals surface area contributed by atoms with Crippen LogP contribution in [0.4, 0.5) is 0 Å². The molecule has 2 saturated carbocycles. The molecule has 2 heterocycles. The Kier molecular flexibility index (Phi) is 27.3. The number of nitrogens with zero attached hydrogens (tertiary/aromatic N) is 2. The van der Waals surface area contributed by atoms with E-state index in [1.165, 1.54) is 0 Å². The summed E-state index contributed by atoms with van der Waals surface area (Å²) < 4.78 is 91.5. The summed E-state index contributed by atoms with van der Waals surface area (Å²) in [5.74, 6) is -1.20. The average molecular weight is 1220 g/mol. The number of hydrogen-bond donors (Lipinski definition) is 6. The molecular weight excluding hydrogens is 1140 g/mol. The number of rotatable bonds is 33. The topological polar surface area (TPSA) is 253 Å². The van der Waals surface area contributed by atoms with Crippen LogP contribution in [0.5, 0.6) is 0 Å². The summed E-state index contributed by atoms with van der Waals surface area (Å²) in [6.45, 7) is 5.87. The van der Waals surface area contributed by atoms with Crippen molar-refractivity contribution in [1.82, 2.24) is 29.9 Å². The highest BCUT2D eigenvalue weighted by molar-refractivity contribution is 7.90. The van der Waals surface area contributed by atoms with Gasteiger partial charge in [-0.15, -0.1) is 0 Å². The number of aliphatic hydroxyl groups excluding tert-OH is 2. The third-order valence-corrected chi connectivity index (χ3v) is 19.9. The molecule has 2 fully saturated rings. The van der Waals surface area contributed by atoms with E-state index in [1.807, 2.05) is 12.1 Å². The van der Waals surface area contributed by atoms with Gasteiger partial charge in [-0.2, -0.15) is 0 Å². The van der Waals surface area contributed by atoms with Crippen LogP contribution in [0.25, 0.3) is 0 Å². The molecule has 26 heteroatoms. The van der Waals surface area contributed by atoms with Crippen LogP contribution in [0.1, 0.15) is 85.5 Å². The molecule has 2 aliphatic heterocycles. The van der Waals surface area contributed by atoms with E-state index >= 15 is 0 Å². The van der Waals surface area contributed by atoms with Crippen molar-refractivity contribution < 1.29 is 65.1 Å². The first-order valence-corrected chi connectivity index (χ1v) is 31.6. The number of aliphatic hydroxyl groups is 2. The summed E-state index contributed by atoms with van der Waals surface area (Å²) in [5.41, 5.74) is 4.40. The molecule has 8 atom stereocenters. The minimum atomic E-state index is -3.55. The molecule has 0 bridgehead atoms. The van der Waals surface area contributed by atoms with E-state index in [4.69, 9.17) is 74.8 Å². The molecule has 0 saturated heterocycles. The van der Waals surface area contributed by atoms with E-state index in [2.05, 4.69) is 44.0 Å². The zero-order chi connectivity index (χ0) is 56.2. The quantitative estimate of drug-likeness (QED) is 0.0551. The van der Waals surface area contributed by atoms with Crippen molar-refractivity contribution in [2.24, 2.45) is 11.8 Å². The number of fused-ring (bicyclic) bond motifs is 2. The van der Waals surface area contributed by atoms with Crippen LogP contribution in [0, 0.1) is 11.8 Å². The van der Waals surface area contributed by atoms with E-state index in [1.54, 1.807) is 12.1 Å². The summed E-state index contributed by atoms with van der Waals surface area (Å²) in [5, 5.41) is 26.7. The lowest BCUT2D eigenvalue weighted by Crippen LogP contribution is -2.50. The smallest absolute Gasteiger partial charge is 0.252 e. The first-order valence-electron chi connectivity index (χ1n) is 27.0. The molecule has 2 aromatic rings. The second kappa shape index (κ2) is 32.7. The maximum atomic E-state index is 13.3. The van der Waals surface area contributed by atoms with Crippen LogP contribution in [-0.2, 0) is 71.1 Å². The predicted octanol–water partition coefficient (Wildman–Crippen LogP) is 4.07. The van der Waals surface area contributed by atoms with E-state index in [0.29, 0.717) is 45.8 Å². The van der Waals surface area contributed by atoms with Crippen LogP contribution in [-0.4, -0.2) is 204 Å².